The summed E-state index contributed by atoms with van der Waals surface area (Å²) < 4.78 is 21.4. The number of nitrogens with one attached hydrogen (secondary N) is 1. The summed E-state index contributed by atoms with van der Waals surface area (Å²) in [5.41, 5.74) is 2.56. The number of methoxy groups -OCH3 is 2. The molecule has 1 N–H and O–H groups in total. The Kier molecular flexibility index (Phi) is 6.53. The van der Waals surface area contributed by atoms with Crippen LogP contribution in [0.3, 0.4) is 0 Å². The second-order valence-corrected chi connectivity index (χ2v) is 7.79. The summed E-state index contributed by atoms with van der Waals surface area (Å²) in [6.07, 6.45) is 2.21. The molecule has 0 bridgehead atoms. The fraction of sp³-hybridized carbons (Fsp3) is 0.280. The molecule has 8 heteroatoms. The van der Waals surface area contributed by atoms with Crippen molar-refractivity contribution in [1.29, 1.82) is 0 Å². The topological polar surface area (TPSA) is 90.2 Å². The van der Waals surface area contributed by atoms with Gasteiger partial charge in [0, 0.05) is 23.9 Å². The van der Waals surface area contributed by atoms with E-state index in [1.807, 2.05) is 12.1 Å². The van der Waals surface area contributed by atoms with E-state index < -0.39 is 5.91 Å². The van der Waals surface area contributed by atoms with Gasteiger partial charge in [-0.2, -0.15) is 0 Å². The van der Waals surface area contributed by atoms with Crippen molar-refractivity contribution in [1.82, 2.24) is 0 Å². The number of hydrogen-bond acceptors (Lipinski definition) is 7. The maximum absolute atomic E-state index is 12.5. The minimum atomic E-state index is -0.440. The van der Waals surface area contributed by atoms with Crippen molar-refractivity contribution in [3.05, 3.63) is 76.3 Å². The molecule has 0 unspecified atom stereocenters. The lowest BCUT2D eigenvalue weighted by atomic mass is 10.1. The molecule has 4 rings (SSSR count). The van der Waals surface area contributed by atoms with Crippen LogP contribution in [0.25, 0.3) is 0 Å². The van der Waals surface area contributed by atoms with Crippen molar-refractivity contribution in [2.24, 2.45) is 0 Å². The number of fused-ring (bicyclic) bond motifs is 1. The lowest BCUT2D eigenvalue weighted by molar-refractivity contribution is -0.118. The zero-order chi connectivity index (χ0) is 23.4. The van der Waals surface area contributed by atoms with Crippen LogP contribution >= 0.6 is 0 Å². The number of benzene rings is 2. The van der Waals surface area contributed by atoms with Gasteiger partial charge in [0.15, 0.2) is 6.61 Å². The van der Waals surface area contributed by atoms with Crippen LogP contribution < -0.4 is 29.9 Å². The highest BCUT2D eigenvalue weighted by atomic mass is 16.5. The smallest absolute Gasteiger partial charge is 0.262 e. The Balaban J connectivity index is 1.37. The van der Waals surface area contributed by atoms with Gasteiger partial charge in [0.05, 0.1) is 26.5 Å². The Morgan fingerprint density at radius 1 is 1.12 bits per heavy atom. The van der Waals surface area contributed by atoms with Crippen molar-refractivity contribution >= 4 is 17.3 Å². The Morgan fingerprint density at radius 3 is 2.70 bits per heavy atom. The Hall–Kier alpha value is -3.94. The number of nitrogens with zero attached hydrogens (tertiary/aromatic N) is 1. The predicted octanol–water partition coefficient (Wildman–Crippen LogP) is 3.63. The van der Waals surface area contributed by atoms with E-state index in [-0.39, 0.29) is 17.8 Å². The van der Waals surface area contributed by atoms with Crippen LogP contribution in [0.2, 0.25) is 0 Å². The monoisotopic (exact) mass is 450 g/mol. The first-order valence-electron chi connectivity index (χ1n) is 10.6. The Labute approximate surface area is 191 Å². The van der Waals surface area contributed by atoms with Gasteiger partial charge >= 0.3 is 0 Å². The molecule has 1 atom stereocenters. The number of carbonyl (C=O) groups is 1. The molecule has 0 saturated heterocycles. The van der Waals surface area contributed by atoms with E-state index in [0.29, 0.717) is 35.5 Å². The molecule has 1 aliphatic rings. The van der Waals surface area contributed by atoms with Crippen LogP contribution in [0.15, 0.2) is 64.0 Å². The molecule has 0 spiro atoms. The van der Waals surface area contributed by atoms with E-state index in [9.17, 15) is 9.59 Å². The van der Waals surface area contributed by atoms with E-state index in [1.54, 1.807) is 25.3 Å². The van der Waals surface area contributed by atoms with E-state index in [1.165, 1.54) is 25.0 Å². The van der Waals surface area contributed by atoms with Gasteiger partial charge in [0.25, 0.3) is 5.91 Å². The Morgan fingerprint density at radius 2 is 1.94 bits per heavy atom. The molecule has 3 aromatic rings. The minimum Gasteiger partial charge on any atom is -0.497 e. The third kappa shape index (κ3) is 4.95. The quantitative estimate of drug-likeness (QED) is 0.561. The SMILES string of the molecule is COc1ccc(NC(=O)COc2coc(CN3c4ccccc4C[C@@H]3C)cc2=O)c(OC)c1. The van der Waals surface area contributed by atoms with Gasteiger partial charge in [-0.15, -0.1) is 0 Å². The van der Waals surface area contributed by atoms with Crippen LogP contribution in [0.1, 0.15) is 18.2 Å². The molecule has 0 fully saturated rings. The highest BCUT2D eigenvalue weighted by molar-refractivity contribution is 5.93. The maximum Gasteiger partial charge on any atom is 0.262 e. The number of para-hydroxylation sites is 1. The highest BCUT2D eigenvalue weighted by Crippen LogP contribution is 2.33. The predicted molar refractivity (Wildman–Crippen MR) is 124 cm³/mol. The fourth-order valence-electron chi connectivity index (χ4n) is 3.90. The van der Waals surface area contributed by atoms with Crippen molar-refractivity contribution < 1.29 is 23.4 Å². The molecule has 33 heavy (non-hydrogen) atoms. The van der Waals surface area contributed by atoms with Gasteiger partial charge < -0.3 is 28.8 Å². The van der Waals surface area contributed by atoms with Crippen LogP contribution in [-0.2, 0) is 17.8 Å². The number of amides is 1. The van der Waals surface area contributed by atoms with Crippen LogP contribution in [0, 0.1) is 0 Å². The number of rotatable bonds is 8. The summed E-state index contributed by atoms with van der Waals surface area (Å²) >= 11 is 0. The summed E-state index contributed by atoms with van der Waals surface area (Å²) in [4.78, 5) is 27.0. The van der Waals surface area contributed by atoms with Crippen molar-refractivity contribution in [2.75, 3.05) is 31.0 Å². The van der Waals surface area contributed by atoms with Gasteiger partial charge in [0.2, 0.25) is 11.2 Å². The van der Waals surface area contributed by atoms with E-state index in [4.69, 9.17) is 18.6 Å². The fourth-order valence-corrected chi connectivity index (χ4v) is 3.90. The van der Waals surface area contributed by atoms with E-state index in [0.717, 1.165) is 12.1 Å². The minimum absolute atomic E-state index is 0.0227. The second-order valence-electron chi connectivity index (χ2n) is 7.79. The molecule has 0 aliphatic carbocycles. The van der Waals surface area contributed by atoms with Crippen molar-refractivity contribution in [2.45, 2.75) is 25.9 Å². The number of anilines is 2. The van der Waals surface area contributed by atoms with Gasteiger partial charge in [-0.1, -0.05) is 18.2 Å². The first-order valence-corrected chi connectivity index (χ1v) is 10.6. The summed E-state index contributed by atoms with van der Waals surface area (Å²) in [6.45, 7) is 2.27. The molecule has 172 valence electrons. The lowest BCUT2D eigenvalue weighted by Gasteiger charge is -2.24. The summed E-state index contributed by atoms with van der Waals surface area (Å²) in [5, 5.41) is 2.69. The van der Waals surface area contributed by atoms with Gasteiger partial charge in [-0.05, 0) is 37.1 Å². The molecule has 1 amide bonds. The molecule has 1 aromatic heterocycles. The van der Waals surface area contributed by atoms with Gasteiger partial charge in [0.1, 0.15) is 23.5 Å². The van der Waals surface area contributed by atoms with Gasteiger partial charge in [-0.25, -0.2) is 0 Å². The van der Waals surface area contributed by atoms with Crippen molar-refractivity contribution in [3.63, 3.8) is 0 Å². The first-order chi connectivity index (χ1) is 16.0. The van der Waals surface area contributed by atoms with E-state index in [2.05, 4.69) is 29.3 Å². The lowest BCUT2D eigenvalue weighted by Crippen LogP contribution is -2.29. The highest BCUT2D eigenvalue weighted by Gasteiger charge is 2.26. The van der Waals surface area contributed by atoms with E-state index >= 15 is 0 Å². The molecular formula is C25H26N2O6. The third-order valence-corrected chi connectivity index (χ3v) is 5.57. The zero-order valence-electron chi connectivity index (χ0n) is 18.8. The van der Waals surface area contributed by atoms with Crippen LogP contribution in [-0.4, -0.2) is 32.8 Å². The first kappa shape index (κ1) is 22.3. The van der Waals surface area contributed by atoms with Crippen LogP contribution in [0.4, 0.5) is 11.4 Å². The summed E-state index contributed by atoms with van der Waals surface area (Å²) in [5.74, 6) is 1.12. The second kappa shape index (κ2) is 9.68. The molecule has 0 saturated carbocycles. The zero-order valence-corrected chi connectivity index (χ0v) is 18.8. The molecule has 1 aliphatic heterocycles. The largest absolute Gasteiger partial charge is 0.497 e. The van der Waals surface area contributed by atoms with Gasteiger partial charge in [-0.3, -0.25) is 9.59 Å². The standard InChI is InChI=1S/C25H26N2O6/c1-16-10-17-6-4-5-7-21(17)27(16)13-19-11-22(28)24(14-32-19)33-15-25(29)26-20-9-8-18(30-2)12-23(20)31-3/h4-9,11-12,14,16H,10,13,15H2,1-3H3,(H,26,29)/t16-/m0/s1. The molecule has 2 aromatic carbocycles. The average molecular weight is 450 g/mol. The Bertz CT molecular complexity index is 1210. The molecule has 0 radical (unpaired) electrons. The number of hydrogen-bond donors (Lipinski definition) is 1. The third-order valence-electron chi connectivity index (χ3n) is 5.57. The normalized spacial score (nSPS) is 14.5. The summed E-state index contributed by atoms with van der Waals surface area (Å²) in [6, 6.07) is 15.0. The average Bonchev–Trinajstić information content (AvgIpc) is 3.13. The molecule has 2 heterocycles. The number of ether oxygens (including phenoxy) is 3. The molecular weight excluding hydrogens is 424 g/mol. The maximum atomic E-state index is 12.5. The number of carbonyl (C=O) groups excluding carboxylic acids is 1. The molecule has 8 nitrogen and oxygen atoms in total. The van der Waals surface area contributed by atoms with Crippen molar-refractivity contribution in [3.8, 4) is 17.2 Å². The summed E-state index contributed by atoms with van der Waals surface area (Å²) in [7, 11) is 3.04. The van der Waals surface area contributed by atoms with Crippen LogP contribution in [0.5, 0.6) is 17.2 Å².